The number of rotatable bonds is 1. The van der Waals surface area contributed by atoms with E-state index in [2.05, 4.69) is 17.1 Å². The van der Waals surface area contributed by atoms with Crippen LogP contribution >= 0.6 is 11.6 Å². The van der Waals surface area contributed by atoms with E-state index in [-0.39, 0.29) is 5.38 Å². The summed E-state index contributed by atoms with van der Waals surface area (Å²) in [6.45, 7) is 2.03. The average Bonchev–Trinajstić information content (AvgIpc) is 2.22. The van der Waals surface area contributed by atoms with E-state index in [9.17, 15) is 0 Å². The van der Waals surface area contributed by atoms with Crippen molar-refractivity contribution in [1.29, 1.82) is 0 Å². The third-order valence-electron chi connectivity index (χ3n) is 2.71. The molecule has 0 spiro atoms. The van der Waals surface area contributed by atoms with Gasteiger partial charge in [0.2, 0.25) is 0 Å². The molecule has 1 aromatic rings. The molecule has 2 rings (SSSR count). The van der Waals surface area contributed by atoms with Crippen LogP contribution in [0.5, 0.6) is 0 Å². The van der Waals surface area contributed by atoms with Gasteiger partial charge in [-0.05, 0) is 43.4 Å². The summed E-state index contributed by atoms with van der Waals surface area (Å²) in [5.74, 6) is 0.609. The lowest BCUT2D eigenvalue weighted by Crippen LogP contribution is -2.05. The summed E-state index contributed by atoms with van der Waals surface area (Å²) in [7, 11) is 0. The number of alkyl halides is 1. The minimum atomic E-state index is 0.147. The van der Waals surface area contributed by atoms with Gasteiger partial charge in [0.25, 0.3) is 0 Å². The van der Waals surface area contributed by atoms with E-state index in [0.29, 0.717) is 5.82 Å². The highest BCUT2D eigenvalue weighted by molar-refractivity contribution is 6.22. The Morgan fingerprint density at radius 1 is 1.53 bits per heavy atom. The third kappa shape index (κ3) is 2.32. The Morgan fingerprint density at radius 2 is 2.33 bits per heavy atom. The second-order valence-electron chi connectivity index (χ2n) is 4.05. The summed E-state index contributed by atoms with van der Waals surface area (Å²) < 4.78 is 0. The molecule has 1 aliphatic rings. The number of hydrogen-bond acceptors (Lipinski definition) is 2. The summed E-state index contributed by atoms with van der Waals surface area (Å²) in [5, 5.41) is 0.147. The maximum atomic E-state index is 6.12. The van der Waals surface area contributed by atoms with Gasteiger partial charge >= 0.3 is 0 Å². The summed E-state index contributed by atoms with van der Waals surface area (Å²) in [5.41, 5.74) is 9.31. The van der Waals surface area contributed by atoms with Gasteiger partial charge in [0.15, 0.2) is 0 Å². The van der Waals surface area contributed by atoms with Crippen molar-refractivity contribution in [3.8, 4) is 0 Å². The summed E-state index contributed by atoms with van der Waals surface area (Å²) >= 11 is 6.12. The predicted octanol–water partition coefficient (Wildman–Crippen LogP) is 3.15. The fourth-order valence-electron chi connectivity index (χ4n) is 1.93. The van der Waals surface area contributed by atoms with Crippen LogP contribution in [0.15, 0.2) is 18.3 Å². The highest BCUT2D eigenvalue weighted by atomic mass is 35.5. The van der Waals surface area contributed by atoms with E-state index >= 15 is 0 Å². The van der Waals surface area contributed by atoms with Gasteiger partial charge in [0.05, 0.1) is 5.38 Å². The van der Waals surface area contributed by atoms with Crippen LogP contribution in [0.25, 0.3) is 5.57 Å². The van der Waals surface area contributed by atoms with Crippen molar-refractivity contribution >= 4 is 23.0 Å². The molecule has 0 aliphatic heterocycles. The van der Waals surface area contributed by atoms with Gasteiger partial charge in [-0.25, -0.2) is 4.98 Å². The largest absolute Gasteiger partial charge is 0.383 e. The number of hydrogen-bond donors (Lipinski definition) is 1. The van der Waals surface area contributed by atoms with E-state index < -0.39 is 0 Å². The van der Waals surface area contributed by atoms with Gasteiger partial charge in [0, 0.05) is 11.8 Å². The maximum absolute atomic E-state index is 6.12. The van der Waals surface area contributed by atoms with Gasteiger partial charge in [-0.15, -0.1) is 11.6 Å². The normalized spacial score (nSPS) is 21.2. The molecule has 2 nitrogen and oxygen atoms in total. The zero-order valence-electron chi connectivity index (χ0n) is 8.83. The number of aryl methyl sites for hydroxylation is 1. The summed E-state index contributed by atoms with van der Waals surface area (Å²) in [6.07, 6.45) is 7.15. The van der Waals surface area contributed by atoms with Crippen molar-refractivity contribution in [1.82, 2.24) is 4.98 Å². The quantitative estimate of drug-likeness (QED) is 0.742. The molecular weight excluding hydrogens is 208 g/mol. The third-order valence-corrected chi connectivity index (χ3v) is 3.05. The SMILES string of the molecule is Cc1cnc(N)c(C2=CC(Cl)CCC2)c1. The van der Waals surface area contributed by atoms with Crippen LogP contribution in [0, 0.1) is 6.92 Å². The van der Waals surface area contributed by atoms with Crippen LogP contribution in [-0.4, -0.2) is 10.4 Å². The lowest BCUT2D eigenvalue weighted by molar-refractivity contribution is 0.747. The molecule has 0 amide bonds. The molecule has 2 N–H and O–H groups in total. The fourth-order valence-corrected chi connectivity index (χ4v) is 2.24. The minimum Gasteiger partial charge on any atom is -0.383 e. The summed E-state index contributed by atoms with van der Waals surface area (Å²) in [4.78, 5) is 4.17. The molecule has 1 atom stereocenters. The number of nitrogen functional groups attached to an aromatic ring is 1. The molecule has 0 fully saturated rings. The molecule has 0 radical (unpaired) electrons. The van der Waals surface area contributed by atoms with Crippen molar-refractivity contribution in [3.05, 3.63) is 29.5 Å². The highest BCUT2D eigenvalue weighted by Gasteiger charge is 2.14. The monoisotopic (exact) mass is 222 g/mol. The molecule has 15 heavy (non-hydrogen) atoms. The number of halogens is 1. The van der Waals surface area contributed by atoms with Crippen LogP contribution in [-0.2, 0) is 0 Å². The Kier molecular flexibility index (Phi) is 2.96. The molecule has 1 heterocycles. The van der Waals surface area contributed by atoms with Crippen molar-refractivity contribution in [2.75, 3.05) is 5.73 Å². The molecule has 0 saturated carbocycles. The van der Waals surface area contributed by atoms with Gasteiger partial charge in [0.1, 0.15) is 5.82 Å². The standard InChI is InChI=1S/C12H15ClN2/c1-8-5-11(12(14)15-7-8)9-3-2-4-10(13)6-9/h5-7,10H,2-4H2,1H3,(H2,14,15). The van der Waals surface area contributed by atoms with Crippen LogP contribution in [0.4, 0.5) is 5.82 Å². The summed E-state index contributed by atoms with van der Waals surface area (Å²) in [6, 6.07) is 2.09. The van der Waals surface area contributed by atoms with E-state index in [4.69, 9.17) is 17.3 Å². The molecule has 0 saturated heterocycles. The lowest BCUT2D eigenvalue weighted by atomic mass is 9.93. The van der Waals surface area contributed by atoms with Crippen molar-refractivity contribution in [3.63, 3.8) is 0 Å². The number of nitrogens with two attached hydrogens (primary N) is 1. The second kappa shape index (κ2) is 4.23. The Morgan fingerprint density at radius 3 is 3.07 bits per heavy atom. The first kappa shape index (κ1) is 10.5. The number of pyridine rings is 1. The molecule has 1 aromatic heterocycles. The molecule has 1 aliphatic carbocycles. The molecule has 0 aromatic carbocycles. The number of nitrogens with zero attached hydrogens (tertiary/aromatic N) is 1. The van der Waals surface area contributed by atoms with Crippen LogP contribution in [0.1, 0.15) is 30.4 Å². The Labute approximate surface area is 95.2 Å². The van der Waals surface area contributed by atoms with Gasteiger partial charge < -0.3 is 5.73 Å². The average molecular weight is 223 g/mol. The first-order valence-corrected chi connectivity index (χ1v) is 5.67. The van der Waals surface area contributed by atoms with E-state index in [0.717, 1.165) is 30.4 Å². The molecular formula is C12H15ClN2. The number of anilines is 1. The first-order valence-electron chi connectivity index (χ1n) is 5.24. The van der Waals surface area contributed by atoms with E-state index in [1.807, 2.05) is 6.92 Å². The zero-order valence-corrected chi connectivity index (χ0v) is 9.59. The second-order valence-corrected chi connectivity index (χ2v) is 4.61. The zero-order chi connectivity index (χ0) is 10.8. The molecule has 3 heteroatoms. The van der Waals surface area contributed by atoms with E-state index in [1.165, 1.54) is 5.57 Å². The van der Waals surface area contributed by atoms with Crippen molar-refractivity contribution < 1.29 is 0 Å². The highest BCUT2D eigenvalue weighted by Crippen LogP contribution is 2.31. The van der Waals surface area contributed by atoms with Crippen LogP contribution in [0.3, 0.4) is 0 Å². The maximum Gasteiger partial charge on any atom is 0.130 e. The molecule has 1 unspecified atom stereocenters. The topological polar surface area (TPSA) is 38.9 Å². The Hall–Kier alpha value is -1.02. The smallest absolute Gasteiger partial charge is 0.130 e. The van der Waals surface area contributed by atoms with E-state index in [1.54, 1.807) is 6.20 Å². The fraction of sp³-hybridized carbons (Fsp3) is 0.417. The lowest BCUT2D eigenvalue weighted by Gasteiger charge is -2.17. The van der Waals surface area contributed by atoms with Crippen molar-refractivity contribution in [2.24, 2.45) is 0 Å². The number of aromatic nitrogens is 1. The van der Waals surface area contributed by atoms with Crippen LogP contribution in [0.2, 0.25) is 0 Å². The predicted molar refractivity (Wildman–Crippen MR) is 64.9 cm³/mol. The molecule has 0 bridgehead atoms. The Bertz CT molecular complexity index is 399. The first-order chi connectivity index (χ1) is 7.16. The number of allylic oxidation sites excluding steroid dienone is 2. The molecule has 80 valence electrons. The Balaban J connectivity index is 2.40. The van der Waals surface area contributed by atoms with Crippen molar-refractivity contribution in [2.45, 2.75) is 31.6 Å². The van der Waals surface area contributed by atoms with Gasteiger partial charge in [-0.2, -0.15) is 0 Å². The minimum absolute atomic E-state index is 0.147. The van der Waals surface area contributed by atoms with Gasteiger partial charge in [-0.3, -0.25) is 0 Å². The van der Waals surface area contributed by atoms with Crippen LogP contribution < -0.4 is 5.73 Å². The van der Waals surface area contributed by atoms with Gasteiger partial charge in [-0.1, -0.05) is 6.08 Å².